The second kappa shape index (κ2) is 6.47. The summed E-state index contributed by atoms with van der Waals surface area (Å²) < 4.78 is 0. The van der Waals surface area contributed by atoms with Crippen LogP contribution in [-0.2, 0) is 4.79 Å². The van der Waals surface area contributed by atoms with E-state index in [1.165, 1.54) is 0 Å². The second-order valence-electron chi connectivity index (χ2n) is 4.75. The molecule has 0 saturated carbocycles. The third kappa shape index (κ3) is 3.91. The molecule has 1 rings (SSSR count). The quantitative estimate of drug-likeness (QED) is 0.798. The van der Waals surface area contributed by atoms with Gasteiger partial charge in [0.25, 0.3) is 0 Å². The molecule has 1 heterocycles. The molecule has 1 atom stereocenters. The molecule has 1 aliphatic rings. The molecular formula is C12H23N3O2. The molecule has 0 aromatic rings. The van der Waals surface area contributed by atoms with Gasteiger partial charge in [0.15, 0.2) is 0 Å². The zero-order valence-corrected chi connectivity index (χ0v) is 11.0. The predicted octanol–water partition coefficient (Wildman–Crippen LogP) is 0.906. The number of nitrogens with zero attached hydrogens (tertiary/aromatic N) is 2. The van der Waals surface area contributed by atoms with Crippen molar-refractivity contribution in [3.63, 3.8) is 0 Å². The maximum atomic E-state index is 11.8. The summed E-state index contributed by atoms with van der Waals surface area (Å²) in [6.07, 6.45) is 2.73. The average molecular weight is 241 g/mol. The van der Waals surface area contributed by atoms with E-state index >= 15 is 0 Å². The lowest BCUT2D eigenvalue weighted by Gasteiger charge is -2.33. The number of likely N-dealkylation sites (tertiary alicyclic amines) is 1. The number of carbonyl (C=O) groups is 2. The number of urea groups is 1. The molecule has 0 radical (unpaired) electrons. The Balaban J connectivity index is 2.48. The van der Waals surface area contributed by atoms with E-state index < -0.39 is 0 Å². The van der Waals surface area contributed by atoms with Crippen LogP contribution >= 0.6 is 0 Å². The van der Waals surface area contributed by atoms with Crippen molar-refractivity contribution in [1.82, 2.24) is 15.1 Å². The Hall–Kier alpha value is -1.26. The van der Waals surface area contributed by atoms with Crippen molar-refractivity contribution in [3.8, 4) is 0 Å². The molecule has 98 valence electrons. The second-order valence-corrected chi connectivity index (χ2v) is 4.75. The summed E-state index contributed by atoms with van der Waals surface area (Å²) in [6.45, 7) is 4.06. The summed E-state index contributed by atoms with van der Waals surface area (Å²) in [7, 11) is 3.48. The minimum atomic E-state index is -0.0424. The smallest absolute Gasteiger partial charge is 0.319 e. The summed E-state index contributed by atoms with van der Waals surface area (Å²) >= 11 is 0. The Bertz CT molecular complexity index is 279. The van der Waals surface area contributed by atoms with E-state index in [4.69, 9.17) is 0 Å². The van der Waals surface area contributed by atoms with Crippen molar-refractivity contribution >= 4 is 11.9 Å². The van der Waals surface area contributed by atoms with Gasteiger partial charge in [-0.2, -0.15) is 0 Å². The molecule has 1 N–H and O–H groups in total. The fraction of sp³-hybridized carbons (Fsp3) is 0.833. The van der Waals surface area contributed by atoms with Crippen LogP contribution in [0.1, 0.15) is 26.2 Å². The van der Waals surface area contributed by atoms with Crippen LogP contribution in [0.2, 0.25) is 0 Å². The number of amides is 3. The molecule has 17 heavy (non-hydrogen) atoms. The summed E-state index contributed by atoms with van der Waals surface area (Å²) in [4.78, 5) is 27.0. The molecule has 1 fully saturated rings. The van der Waals surface area contributed by atoms with Gasteiger partial charge in [-0.15, -0.1) is 0 Å². The Labute approximate surface area is 103 Å². The van der Waals surface area contributed by atoms with Gasteiger partial charge < -0.3 is 15.1 Å². The van der Waals surface area contributed by atoms with Crippen molar-refractivity contribution in [1.29, 1.82) is 0 Å². The SMILES string of the molecule is CCCNC(=O)[C@@H]1CCCN(C(=O)N(C)C)C1. The predicted molar refractivity (Wildman–Crippen MR) is 66.7 cm³/mol. The maximum absolute atomic E-state index is 11.8. The monoisotopic (exact) mass is 241 g/mol. The number of hydrogen-bond donors (Lipinski definition) is 1. The Morgan fingerprint density at radius 2 is 2.12 bits per heavy atom. The molecule has 0 spiro atoms. The van der Waals surface area contributed by atoms with Gasteiger partial charge in [-0.1, -0.05) is 6.92 Å². The first-order valence-corrected chi connectivity index (χ1v) is 6.30. The first-order valence-electron chi connectivity index (χ1n) is 6.30. The Morgan fingerprint density at radius 1 is 1.41 bits per heavy atom. The normalized spacial score (nSPS) is 19.9. The van der Waals surface area contributed by atoms with Gasteiger partial charge in [0.05, 0.1) is 5.92 Å². The lowest BCUT2D eigenvalue weighted by molar-refractivity contribution is -0.126. The number of carbonyl (C=O) groups excluding carboxylic acids is 2. The van der Waals surface area contributed by atoms with Crippen molar-refractivity contribution in [2.45, 2.75) is 26.2 Å². The van der Waals surface area contributed by atoms with Crippen LogP contribution < -0.4 is 5.32 Å². The molecular weight excluding hydrogens is 218 g/mol. The fourth-order valence-corrected chi connectivity index (χ4v) is 2.04. The number of rotatable bonds is 3. The van der Waals surface area contributed by atoms with E-state index in [-0.39, 0.29) is 17.9 Å². The van der Waals surface area contributed by atoms with Crippen LogP contribution in [0.4, 0.5) is 4.79 Å². The van der Waals surface area contributed by atoms with Crippen LogP contribution in [0, 0.1) is 5.92 Å². The largest absolute Gasteiger partial charge is 0.356 e. The molecule has 5 heteroatoms. The lowest BCUT2D eigenvalue weighted by Crippen LogP contribution is -2.48. The van der Waals surface area contributed by atoms with E-state index in [0.717, 1.165) is 32.4 Å². The van der Waals surface area contributed by atoms with Crippen LogP contribution in [0.3, 0.4) is 0 Å². The third-order valence-electron chi connectivity index (χ3n) is 2.99. The van der Waals surface area contributed by atoms with E-state index in [0.29, 0.717) is 6.54 Å². The fourth-order valence-electron chi connectivity index (χ4n) is 2.04. The van der Waals surface area contributed by atoms with Crippen molar-refractivity contribution in [3.05, 3.63) is 0 Å². The highest BCUT2D eigenvalue weighted by molar-refractivity contribution is 5.80. The van der Waals surface area contributed by atoms with Crippen LogP contribution in [0.25, 0.3) is 0 Å². The van der Waals surface area contributed by atoms with Crippen LogP contribution in [0.5, 0.6) is 0 Å². The zero-order chi connectivity index (χ0) is 12.8. The molecule has 0 aromatic heterocycles. The van der Waals surface area contributed by atoms with E-state index in [2.05, 4.69) is 5.32 Å². The minimum Gasteiger partial charge on any atom is -0.356 e. The molecule has 0 aromatic carbocycles. The summed E-state index contributed by atoms with van der Waals surface area (Å²) in [5.74, 6) is 0.0438. The highest BCUT2D eigenvalue weighted by Gasteiger charge is 2.28. The van der Waals surface area contributed by atoms with Crippen molar-refractivity contribution < 1.29 is 9.59 Å². The first kappa shape index (κ1) is 13.8. The molecule has 0 unspecified atom stereocenters. The zero-order valence-electron chi connectivity index (χ0n) is 11.0. The maximum Gasteiger partial charge on any atom is 0.319 e. The van der Waals surface area contributed by atoms with Crippen molar-refractivity contribution in [2.75, 3.05) is 33.7 Å². The highest BCUT2D eigenvalue weighted by atomic mass is 16.2. The summed E-state index contributed by atoms with van der Waals surface area (Å²) in [6, 6.07) is -0.00186. The van der Waals surface area contributed by atoms with E-state index in [1.54, 1.807) is 23.9 Å². The van der Waals surface area contributed by atoms with Gasteiger partial charge in [0.1, 0.15) is 0 Å². The Kier molecular flexibility index (Phi) is 5.25. The summed E-state index contributed by atoms with van der Waals surface area (Å²) in [5, 5.41) is 2.90. The highest BCUT2D eigenvalue weighted by Crippen LogP contribution is 2.17. The van der Waals surface area contributed by atoms with Gasteiger partial charge in [0.2, 0.25) is 5.91 Å². The van der Waals surface area contributed by atoms with Gasteiger partial charge in [-0.25, -0.2) is 4.79 Å². The van der Waals surface area contributed by atoms with E-state index in [9.17, 15) is 9.59 Å². The number of nitrogens with one attached hydrogen (secondary N) is 1. The molecule has 3 amide bonds. The van der Waals surface area contributed by atoms with Gasteiger partial charge in [-0.05, 0) is 19.3 Å². The minimum absolute atomic E-state index is 0.00186. The number of hydrogen-bond acceptors (Lipinski definition) is 2. The molecule has 0 aliphatic carbocycles. The first-order chi connectivity index (χ1) is 8.06. The molecule has 1 saturated heterocycles. The Morgan fingerprint density at radius 3 is 2.71 bits per heavy atom. The molecule has 5 nitrogen and oxygen atoms in total. The molecule has 0 bridgehead atoms. The lowest BCUT2D eigenvalue weighted by atomic mass is 9.97. The van der Waals surface area contributed by atoms with Gasteiger partial charge in [-0.3, -0.25) is 4.79 Å². The number of piperidine rings is 1. The third-order valence-corrected chi connectivity index (χ3v) is 2.99. The molecule has 1 aliphatic heterocycles. The standard InChI is InChI=1S/C12H23N3O2/c1-4-7-13-11(16)10-6-5-8-15(9-10)12(17)14(2)3/h10H,4-9H2,1-3H3,(H,13,16)/t10-/m1/s1. The van der Waals surface area contributed by atoms with Gasteiger partial charge in [0, 0.05) is 33.7 Å². The van der Waals surface area contributed by atoms with Gasteiger partial charge >= 0.3 is 6.03 Å². The topological polar surface area (TPSA) is 52.7 Å². The van der Waals surface area contributed by atoms with Crippen molar-refractivity contribution in [2.24, 2.45) is 5.92 Å². The van der Waals surface area contributed by atoms with Crippen LogP contribution in [0.15, 0.2) is 0 Å². The van der Waals surface area contributed by atoms with Crippen LogP contribution in [-0.4, -0.2) is 55.5 Å². The summed E-state index contributed by atoms with van der Waals surface area (Å²) in [5.41, 5.74) is 0. The van der Waals surface area contributed by atoms with E-state index in [1.807, 2.05) is 6.92 Å². The average Bonchev–Trinajstić information content (AvgIpc) is 2.35.